The van der Waals surface area contributed by atoms with E-state index in [2.05, 4.69) is 9.44 Å². The topological polar surface area (TPSA) is 93.5 Å². The molecule has 0 saturated carbocycles. The normalized spacial score (nSPS) is 11.1. The van der Waals surface area contributed by atoms with Crippen molar-refractivity contribution in [2.24, 2.45) is 0 Å². The largest absolute Gasteiger partial charge is 0.495 e. The van der Waals surface area contributed by atoms with Gasteiger partial charge in [-0.25, -0.2) is 0 Å². The Kier molecular flexibility index (Phi) is 3.97. The Morgan fingerprint density at radius 2 is 2.12 bits per heavy atom. The molecule has 0 heterocycles. The first-order valence-corrected chi connectivity index (χ1v) is 6.17. The molecule has 0 aromatic heterocycles. The van der Waals surface area contributed by atoms with Crippen molar-refractivity contribution in [1.29, 1.82) is 0 Å². The van der Waals surface area contributed by atoms with Gasteiger partial charge in [0, 0.05) is 12.6 Å². The molecule has 6 nitrogen and oxygen atoms in total. The van der Waals surface area contributed by atoms with E-state index in [0.717, 1.165) is 0 Å². The van der Waals surface area contributed by atoms with Crippen LogP contribution in [0.3, 0.4) is 0 Å². The molecule has 0 spiro atoms. The van der Waals surface area contributed by atoms with Gasteiger partial charge in [0.2, 0.25) is 0 Å². The maximum atomic E-state index is 11.4. The second-order valence-electron chi connectivity index (χ2n) is 3.06. The first-order chi connectivity index (χ1) is 7.48. The van der Waals surface area contributed by atoms with Gasteiger partial charge in [0.15, 0.2) is 0 Å². The number of benzene rings is 1. The lowest BCUT2D eigenvalue weighted by Gasteiger charge is -2.10. The number of nitrogens with one attached hydrogen (secondary N) is 2. The van der Waals surface area contributed by atoms with Crippen molar-refractivity contribution in [2.45, 2.75) is 6.92 Å². The molecule has 0 saturated heterocycles. The van der Waals surface area contributed by atoms with Gasteiger partial charge < -0.3 is 10.5 Å². The van der Waals surface area contributed by atoms with Gasteiger partial charge in [-0.05, 0) is 12.1 Å². The number of hydrogen-bond acceptors (Lipinski definition) is 4. The van der Waals surface area contributed by atoms with E-state index in [9.17, 15) is 8.42 Å². The highest BCUT2D eigenvalue weighted by molar-refractivity contribution is 7.90. The minimum atomic E-state index is -3.52. The van der Waals surface area contributed by atoms with Crippen molar-refractivity contribution in [3.05, 3.63) is 18.2 Å². The molecule has 0 aliphatic carbocycles. The SMILES string of the molecule is CCNS(=O)(=O)Nc1ccc(N)c(OC)c1. The van der Waals surface area contributed by atoms with Gasteiger partial charge in [0.25, 0.3) is 10.2 Å². The lowest BCUT2D eigenvalue weighted by atomic mass is 10.3. The van der Waals surface area contributed by atoms with Crippen LogP contribution in [-0.4, -0.2) is 22.1 Å². The van der Waals surface area contributed by atoms with Crippen LogP contribution in [0.5, 0.6) is 5.75 Å². The van der Waals surface area contributed by atoms with E-state index >= 15 is 0 Å². The first-order valence-electron chi connectivity index (χ1n) is 4.69. The Balaban J connectivity index is 2.90. The summed E-state index contributed by atoms with van der Waals surface area (Å²) >= 11 is 0. The summed E-state index contributed by atoms with van der Waals surface area (Å²) in [5.74, 6) is 0.427. The molecule has 7 heteroatoms. The van der Waals surface area contributed by atoms with Gasteiger partial charge in [0.1, 0.15) is 5.75 Å². The van der Waals surface area contributed by atoms with Gasteiger partial charge in [-0.2, -0.15) is 13.1 Å². The Hall–Kier alpha value is -1.47. The molecule has 1 aromatic carbocycles. The Morgan fingerprint density at radius 1 is 1.44 bits per heavy atom. The number of nitrogen functional groups attached to an aromatic ring is 1. The highest BCUT2D eigenvalue weighted by Gasteiger charge is 2.09. The average molecular weight is 245 g/mol. The molecule has 1 rings (SSSR count). The zero-order valence-electron chi connectivity index (χ0n) is 9.15. The molecule has 0 aliphatic rings. The summed E-state index contributed by atoms with van der Waals surface area (Å²) in [7, 11) is -2.05. The van der Waals surface area contributed by atoms with E-state index in [0.29, 0.717) is 23.7 Å². The fourth-order valence-electron chi connectivity index (χ4n) is 1.16. The molecule has 0 aliphatic heterocycles. The summed E-state index contributed by atoms with van der Waals surface area (Å²) in [4.78, 5) is 0. The fourth-order valence-corrected chi connectivity index (χ4v) is 2.05. The van der Waals surface area contributed by atoms with Gasteiger partial charge in [-0.15, -0.1) is 0 Å². The lowest BCUT2D eigenvalue weighted by molar-refractivity contribution is 0.417. The van der Waals surface area contributed by atoms with Crippen molar-refractivity contribution >= 4 is 21.6 Å². The minimum Gasteiger partial charge on any atom is -0.495 e. The quantitative estimate of drug-likeness (QED) is 0.660. The monoisotopic (exact) mass is 245 g/mol. The maximum Gasteiger partial charge on any atom is 0.299 e. The summed E-state index contributed by atoms with van der Waals surface area (Å²) in [6, 6.07) is 4.65. The minimum absolute atomic E-state index is 0.321. The second-order valence-corrected chi connectivity index (χ2v) is 4.56. The van der Waals surface area contributed by atoms with Crippen molar-refractivity contribution in [2.75, 3.05) is 24.1 Å². The molecule has 0 amide bonds. The third-order valence-corrected chi connectivity index (χ3v) is 2.99. The third kappa shape index (κ3) is 3.28. The van der Waals surface area contributed by atoms with Gasteiger partial charge in [-0.3, -0.25) is 4.72 Å². The van der Waals surface area contributed by atoms with Crippen LogP contribution in [0.15, 0.2) is 18.2 Å². The fraction of sp³-hybridized carbons (Fsp3) is 0.333. The highest BCUT2D eigenvalue weighted by atomic mass is 32.2. The molecular weight excluding hydrogens is 230 g/mol. The molecule has 1 aromatic rings. The zero-order valence-corrected chi connectivity index (χ0v) is 9.97. The Labute approximate surface area is 95.0 Å². The van der Waals surface area contributed by atoms with Crippen molar-refractivity contribution in [3.8, 4) is 5.75 Å². The third-order valence-electron chi connectivity index (χ3n) is 1.82. The highest BCUT2D eigenvalue weighted by Crippen LogP contribution is 2.25. The van der Waals surface area contributed by atoms with Crippen molar-refractivity contribution < 1.29 is 13.2 Å². The second kappa shape index (κ2) is 5.04. The predicted octanol–water partition coefficient (Wildman–Crippen LogP) is 0.544. The summed E-state index contributed by atoms with van der Waals surface area (Å²) < 4.78 is 32.4. The summed E-state index contributed by atoms with van der Waals surface area (Å²) in [6.45, 7) is 2.02. The summed E-state index contributed by atoms with van der Waals surface area (Å²) in [5.41, 5.74) is 6.45. The van der Waals surface area contributed by atoms with E-state index in [4.69, 9.17) is 10.5 Å². The molecule has 0 atom stereocenters. The van der Waals surface area contributed by atoms with Crippen LogP contribution < -0.4 is 19.9 Å². The number of anilines is 2. The van der Waals surface area contributed by atoms with E-state index in [1.54, 1.807) is 19.1 Å². The van der Waals surface area contributed by atoms with Crippen LogP contribution in [0.2, 0.25) is 0 Å². The first kappa shape index (κ1) is 12.6. The molecule has 0 radical (unpaired) electrons. The molecule has 0 unspecified atom stereocenters. The van der Waals surface area contributed by atoms with E-state index in [1.807, 2.05) is 0 Å². The molecule has 16 heavy (non-hydrogen) atoms. The van der Waals surface area contributed by atoms with Crippen LogP contribution in [0.4, 0.5) is 11.4 Å². The zero-order chi connectivity index (χ0) is 12.2. The lowest BCUT2D eigenvalue weighted by Crippen LogP contribution is -2.29. The Morgan fingerprint density at radius 3 is 2.69 bits per heavy atom. The number of methoxy groups -OCH3 is 1. The molecule has 0 bridgehead atoms. The molecule has 0 fully saturated rings. The smallest absolute Gasteiger partial charge is 0.299 e. The van der Waals surface area contributed by atoms with Crippen LogP contribution in [0.25, 0.3) is 0 Å². The Bertz CT molecular complexity index is 459. The van der Waals surface area contributed by atoms with Crippen LogP contribution in [0.1, 0.15) is 6.92 Å². The van der Waals surface area contributed by atoms with Crippen LogP contribution >= 0.6 is 0 Å². The molecular formula is C9H15N3O3S. The van der Waals surface area contributed by atoms with Crippen LogP contribution in [0, 0.1) is 0 Å². The van der Waals surface area contributed by atoms with Crippen molar-refractivity contribution in [1.82, 2.24) is 4.72 Å². The summed E-state index contributed by atoms with van der Waals surface area (Å²) in [6.07, 6.45) is 0. The number of ether oxygens (including phenoxy) is 1. The van der Waals surface area contributed by atoms with E-state index < -0.39 is 10.2 Å². The molecule has 4 N–H and O–H groups in total. The standard InChI is InChI=1S/C9H15N3O3S/c1-3-11-16(13,14)12-7-4-5-8(10)9(6-7)15-2/h4-6,11-12H,3,10H2,1-2H3. The van der Waals surface area contributed by atoms with E-state index in [-0.39, 0.29) is 0 Å². The van der Waals surface area contributed by atoms with Crippen molar-refractivity contribution in [3.63, 3.8) is 0 Å². The van der Waals surface area contributed by atoms with Crippen LogP contribution in [-0.2, 0) is 10.2 Å². The molecule has 90 valence electrons. The van der Waals surface area contributed by atoms with Gasteiger partial charge in [0.05, 0.1) is 18.5 Å². The van der Waals surface area contributed by atoms with Gasteiger partial charge >= 0.3 is 0 Å². The maximum absolute atomic E-state index is 11.4. The summed E-state index contributed by atoms with van der Waals surface area (Å²) in [5, 5.41) is 0. The average Bonchev–Trinajstić information content (AvgIpc) is 2.20. The number of nitrogens with two attached hydrogens (primary N) is 1. The number of rotatable bonds is 5. The number of hydrogen-bond donors (Lipinski definition) is 3. The van der Waals surface area contributed by atoms with E-state index in [1.165, 1.54) is 13.2 Å². The predicted molar refractivity (Wildman–Crippen MR) is 63.6 cm³/mol. The van der Waals surface area contributed by atoms with Gasteiger partial charge in [-0.1, -0.05) is 6.92 Å².